The van der Waals surface area contributed by atoms with Crippen LogP contribution < -0.4 is 5.32 Å². The van der Waals surface area contributed by atoms with E-state index >= 15 is 0 Å². The van der Waals surface area contributed by atoms with Crippen molar-refractivity contribution < 1.29 is 14.3 Å². The van der Waals surface area contributed by atoms with E-state index in [9.17, 15) is 9.59 Å². The molecule has 0 aromatic carbocycles. The van der Waals surface area contributed by atoms with E-state index in [2.05, 4.69) is 5.32 Å². The van der Waals surface area contributed by atoms with Gasteiger partial charge >= 0.3 is 5.97 Å². The lowest BCUT2D eigenvalue weighted by Gasteiger charge is -1.99. The number of rotatable bonds is 7. The van der Waals surface area contributed by atoms with Crippen LogP contribution in [0.4, 0.5) is 0 Å². The average molecular weight is 234 g/mol. The third-order valence-electron chi connectivity index (χ3n) is 1.51. The molecule has 0 saturated carbocycles. The molecule has 0 bridgehead atoms. The lowest BCUT2D eigenvalue weighted by atomic mass is 10.4. The van der Waals surface area contributed by atoms with E-state index in [-0.39, 0.29) is 5.91 Å². The molecule has 0 saturated heterocycles. The predicted octanol–water partition coefficient (Wildman–Crippen LogP) is 1.24. The fourth-order valence-electron chi connectivity index (χ4n) is 0.738. The number of halogens is 1. The highest BCUT2D eigenvalue weighted by molar-refractivity contribution is 6.18. The Morgan fingerprint density at radius 3 is 2.73 bits per heavy atom. The fraction of sp³-hybridized carbons (Fsp3) is 0.600. The maximum atomic E-state index is 11.0. The van der Waals surface area contributed by atoms with Crippen LogP contribution in [0.5, 0.6) is 0 Å². The van der Waals surface area contributed by atoms with Gasteiger partial charge in [0, 0.05) is 24.6 Å². The average Bonchev–Trinajstić information content (AvgIpc) is 2.24. The molecular weight excluding hydrogens is 218 g/mol. The number of carbonyl (C=O) groups excluding carboxylic acids is 2. The van der Waals surface area contributed by atoms with Crippen LogP contribution in [0, 0.1) is 0 Å². The molecule has 0 atom stereocenters. The standard InChI is InChI=1S/C10H16ClNO3/c1-2-3-8-15-10(14)5-4-9(13)12-7-6-11/h4-5H,2-3,6-8H2,1H3,(H,12,13)/b5-4+. The summed E-state index contributed by atoms with van der Waals surface area (Å²) in [5.74, 6) is -0.492. The van der Waals surface area contributed by atoms with E-state index in [0.717, 1.165) is 25.0 Å². The molecule has 0 fully saturated rings. The van der Waals surface area contributed by atoms with Crippen molar-refractivity contribution in [3.05, 3.63) is 12.2 Å². The van der Waals surface area contributed by atoms with Crippen molar-refractivity contribution in [2.75, 3.05) is 19.0 Å². The Morgan fingerprint density at radius 1 is 1.40 bits per heavy atom. The van der Waals surface area contributed by atoms with E-state index in [1.54, 1.807) is 0 Å². The maximum Gasteiger partial charge on any atom is 0.330 e. The van der Waals surface area contributed by atoms with E-state index in [1.807, 2.05) is 6.92 Å². The Labute approximate surface area is 94.6 Å². The van der Waals surface area contributed by atoms with Crippen LogP contribution in [-0.2, 0) is 14.3 Å². The van der Waals surface area contributed by atoms with Gasteiger partial charge in [-0.3, -0.25) is 4.79 Å². The molecule has 0 unspecified atom stereocenters. The van der Waals surface area contributed by atoms with Crippen molar-refractivity contribution >= 4 is 23.5 Å². The topological polar surface area (TPSA) is 55.4 Å². The first-order chi connectivity index (χ1) is 7.20. The molecular formula is C10H16ClNO3. The van der Waals surface area contributed by atoms with Crippen LogP contribution in [0.15, 0.2) is 12.2 Å². The second-order valence-electron chi connectivity index (χ2n) is 2.83. The number of hydrogen-bond donors (Lipinski definition) is 1. The minimum absolute atomic E-state index is 0.344. The van der Waals surface area contributed by atoms with Crippen molar-refractivity contribution in [2.45, 2.75) is 19.8 Å². The Hall–Kier alpha value is -1.03. The van der Waals surface area contributed by atoms with Gasteiger partial charge in [-0.15, -0.1) is 11.6 Å². The molecule has 0 aromatic heterocycles. The van der Waals surface area contributed by atoms with Gasteiger partial charge in [0.25, 0.3) is 0 Å². The second kappa shape index (κ2) is 9.52. The third-order valence-corrected chi connectivity index (χ3v) is 1.70. The monoisotopic (exact) mass is 233 g/mol. The lowest BCUT2D eigenvalue weighted by Crippen LogP contribution is -2.23. The molecule has 0 spiro atoms. The first-order valence-corrected chi connectivity index (χ1v) is 5.42. The maximum absolute atomic E-state index is 11.0. The van der Waals surface area contributed by atoms with Gasteiger partial charge < -0.3 is 10.1 Å². The number of unbranched alkanes of at least 4 members (excludes halogenated alkanes) is 1. The van der Waals surface area contributed by atoms with Crippen LogP contribution in [0.2, 0.25) is 0 Å². The van der Waals surface area contributed by atoms with Gasteiger partial charge in [0.15, 0.2) is 0 Å². The molecule has 0 rings (SSSR count). The molecule has 1 N–H and O–H groups in total. The second-order valence-corrected chi connectivity index (χ2v) is 3.21. The first kappa shape index (κ1) is 14.0. The molecule has 86 valence electrons. The zero-order valence-corrected chi connectivity index (χ0v) is 9.55. The van der Waals surface area contributed by atoms with Crippen LogP contribution in [0.25, 0.3) is 0 Å². The summed E-state index contributed by atoms with van der Waals surface area (Å²) < 4.78 is 4.81. The predicted molar refractivity (Wildman–Crippen MR) is 58.7 cm³/mol. The number of alkyl halides is 1. The fourth-order valence-corrected chi connectivity index (χ4v) is 0.833. The summed E-state index contributed by atoms with van der Waals surface area (Å²) in [6, 6.07) is 0. The number of amides is 1. The van der Waals surface area contributed by atoms with Crippen molar-refractivity contribution in [3.63, 3.8) is 0 Å². The third kappa shape index (κ3) is 9.28. The number of carbonyl (C=O) groups is 2. The smallest absolute Gasteiger partial charge is 0.330 e. The van der Waals surface area contributed by atoms with Gasteiger partial charge in [0.05, 0.1) is 6.61 Å². The van der Waals surface area contributed by atoms with E-state index in [1.165, 1.54) is 0 Å². The van der Waals surface area contributed by atoms with Crippen molar-refractivity contribution in [3.8, 4) is 0 Å². The summed E-state index contributed by atoms with van der Waals surface area (Å²) in [4.78, 5) is 22.0. The summed E-state index contributed by atoms with van der Waals surface area (Å²) in [6.07, 6.45) is 4.05. The molecule has 0 radical (unpaired) electrons. The van der Waals surface area contributed by atoms with Gasteiger partial charge in [-0.25, -0.2) is 4.79 Å². The van der Waals surface area contributed by atoms with Gasteiger partial charge in [-0.05, 0) is 6.42 Å². The normalized spacial score (nSPS) is 10.3. The quantitative estimate of drug-likeness (QED) is 0.312. The van der Waals surface area contributed by atoms with Crippen LogP contribution in [0.1, 0.15) is 19.8 Å². The Bertz CT molecular complexity index is 229. The van der Waals surface area contributed by atoms with Crippen molar-refractivity contribution in [2.24, 2.45) is 0 Å². The number of nitrogens with one attached hydrogen (secondary N) is 1. The summed E-state index contributed by atoms with van der Waals surface area (Å²) in [7, 11) is 0. The zero-order chi connectivity index (χ0) is 11.5. The minimum Gasteiger partial charge on any atom is -0.463 e. The van der Waals surface area contributed by atoms with Gasteiger partial charge in [-0.1, -0.05) is 13.3 Å². The largest absolute Gasteiger partial charge is 0.463 e. The van der Waals surface area contributed by atoms with Crippen molar-refractivity contribution in [1.29, 1.82) is 0 Å². The molecule has 1 amide bonds. The van der Waals surface area contributed by atoms with E-state index in [4.69, 9.17) is 16.3 Å². The molecule has 4 nitrogen and oxygen atoms in total. The Balaban J connectivity index is 3.65. The summed E-state index contributed by atoms with van der Waals surface area (Å²) in [5, 5.41) is 2.49. The highest BCUT2D eigenvalue weighted by Crippen LogP contribution is 1.89. The molecule has 0 aliphatic rings. The zero-order valence-electron chi connectivity index (χ0n) is 8.79. The van der Waals surface area contributed by atoms with Crippen LogP contribution >= 0.6 is 11.6 Å². The van der Waals surface area contributed by atoms with Crippen LogP contribution in [0.3, 0.4) is 0 Å². The van der Waals surface area contributed by atoms with Crippen molar-refractivity contribution in [1.82, 2.24) is 5.32 Å². The highest BCUT2D eigenvalue weighted by atomic mass is 35.5. The van der Waals surface area contributed by atoms with E-state index in [0.29, 0.717) is 19.0 Å². The molecule has 15 heavy (non-hydrogen) atoms. The summed E-state index contributed by atoms with van der Waals surface area (Å²) in [5.41, 5.74) is 0. The Kier molecular flexibility index (Phi) is 8.87. The van der Waals surface area contributed by atoms with Gasteiger partial charge in [-0.2, -0.15) is 0 Å². The van der Waals surface area contributed by atoms with Crippen LogP contribution in [-0.4, -0.2) is 30.9 Å². The summed E-state index contributed by atoms with van der Waals surface area (Å²) >= 11 is 5.36. The Morgan fingerprint density at radius 2 is 2.13 bits per heavy atom. The molecule has 0 aromatic rings. The number of hydrogen-bond acceptors (Lipinski definition) is 3. The van der Waals surface area contributed by atoms with E-state index < -0.39 is 5.97 Å². The summed E-state index contributed by atoms with van der Waals surface area (Å²) in [6.45, 7) is 2.78. The number of esters is 1. The molecule has 5 heteroatoms. The van der Waals surface area contributed by atoms with Gasteiger partial charge in [0.1, 0.15) is 0 Å². The minimum atomic E-state index is -0.496. The first-order valence-electron chi connectivity index (χ1n) is 4.89. The highest BCUT2D eigenvalue weighted by Gasteiger charge is 1.98. The SMILES string of the molecule is CCCCOC(=O)/C=C/C(=O)NCCCl. The molecule has 0 aliphatic carbocycles. The molecule has 0 heterocycles. The molecule has 0 aliphatic heterocycles. The van der Waals surface area contributed by atoms with Gasteiger partial charge in [0.2, 0.25) is 5.91 Å². The number of ether oxygens (including phenoxy) is 1. The lowest BCUT2D eigenvalue weighted by molar-refractivity contribution is -0.138.